The summed E-state index contributed by atoms with van der Waals surface area (Å²) in [7, 11) is 0. The van der Waals surface area contributed by atoms with E-state index >= 15 is 0 Å². The molecule has 55 heavy (non-hydrogen) atoms. The molecule has 0 N–H and O–H groups in total. The van der Waals surface area contributed by atoms with Gasteiger partial charge in [0.1, 0.15) is 5.69 Å². The summed E-state index contributed by atoms with van der Waals surface area (Å²) >= 11 is 0. The van der Waals surface area contributed by atoms with E-state index in [-0.39, 0.29) is 0 Å². The van der Waals surface area contributed by atoms with E-state index in [9.17, 15) is 0 Å². The molecule has 0 saturated carbocycles. The van der Waals surface area contributed by atoms with Crippen molar-refractivity contribution >= 4 is 21.7 Å². The Hall–Kier alpha value is -7.50. The number of para-hydroxylation sites is 1. The lowest BCUT2D eigenvalue weighted by atomic mass is 9.92. The molecule has 5 nitrogen and oxygen atoms in total. The van der Waals surface area contributed by atoms with Gasteiger partial charge in [-0.05, 0) is 51.9 Å². The number of hydrogen-bond donors (Lipinski definition) is 0. The van der Waals surface area contributed by atoms with Crippen LogP contribution in [-0.2, 0) is 0 Å². The number of aromatic nitrogens is 5. The van der Waals surface area contributed by atoms with Crippen LogP contribution < -0.4 is 0 Å². The first-order chi connectivity index (χ1) is 27.3. The van der Waals surface area contributed by atoms with Crippen LogP contribution >= 0.6 is 0 Å². The number of benzene rings is 8. The molecular weight excluding hydrogens is 671 g/mol. The number of hydrogen-bond acceptors (Lipinski definition) is 4. The van der Waals surface area contributed by atoms with Crippen LogP contribution in [0.3, 0.4) is 0 Å². The smallest absolute Gasteiger partial charge is 0.164 e. The highest BCUT2D eigenvalue weighted by atomic mass is 15.3. The monoisotopic (exact) mass is 703 g/mol. The minimum Gasteiger partial charge on any atom is -0.232 e. The second-order valence-corrected chi connectivity index (χ2v) is 13.5. The third kappa shape index (κ3) is 5.94. The average molecular weight is 704 g/mol. The van der Waals surface area contributed by atoms with Crippen molar-refractivity contribution in [2.45, 2.75) is 0 Å². The van der Waals surface area contributed by atoms with E-state index in [4.69, 9.17) is 20.1 Å². The molecule has 2 aromatic heterocycles. The maximum Gasteiger partial charge on any atom is 0.164 e. The normalized spacial score (nSPS) is 11.3. The van der Waals surface area contributed by atoms with Crippen molar-refractivity contribution in [2.75, 3.05) is 0 Å². The molecule has 0 bridgehead atoms. The van der Waals surface area contributed by atoms with Crippen molar-refractivity contribution in [1.29, 1.82) is 0 Å². The first-order valence-corrected chi connectivity index (χ1v) is 18.4. The van der Waals surface area contributed by atoms with E-state index in [2.05, 4.69) is 156 Å². The first kappa shape index (κ1) is 32.2. The van der Waals surface area contributed by atoms with Gasteiger partial charge in [-0.15, -0.1) is 0 Å². The summed E-state index contributed by atoms with van der Waals surface area (Å²) in [5.74, 6) is 1.81. The summed E-state index contributed by atoms with van der Waals surface area (Å²) in [4.78, 5) is 15.6. The van der Waals surface area contributed by atoms with E-state index in [1.165, 1.54) is 0 Å². The largest absolute Gasteiger partial charge is 0.232 e. The maximum atomic E-state index is 5.43. The SMILES string of the molecule is c1ccc(-c2cccc(-c3nc(-c4ccccc4)nc(-c4cccc5cc(-c6ccccc6)c6c(-c7ccccc7)nn(-c7ccccc7)c6c45)n3)c2)cc1. The summed E-state index contributed by atoms with van der Waals surface area (Å²) in [6.07, 6.45) is 0. The van der Waals surface area contributed by atoms with E-state index in [1.807, 2.05) is 48.5 Å². The Morgan fingerprint density at radius 3 is 1.51 bits per heavy atom. The number of nitrogens with zero attached hydrogens (tertiary/aromatic N) is 5. The van der Waals surface area contributed by atoms with Gasteiger partial charge in [-0.25, -0.2) is 19.6 Å². The molecule has 0 fully saturated rings. The quantitative estimate of drug-likeness (QED) is 0.166. The molecule has 8 aromatic carbocycles. The van der Waals surface area contributed by atoms with Crippen LogP contribution in [0.1, 0.15) is 0 Å². The Labute approximate surface area is 318 Å². The van der Waals surface area contributed by atoms with Crippen LogP contribution in [0.4, 0.5) is 0 Å². The number of fused-ring (bicyclic) bond motifs is 3. The van der Waals surface area contributed by atoms with Crippen molar-refractivity contribution < 1.29 is 0 Å². The van der Waals surface area contributed by atoms with Crippen LogP contribution in [0.2, 0.25) is 0 Å². The summed E-state index contributed by atoms with van der Waals surface area (Å²) in [6, 6.07) is 69.1. The topological polar surface area (TPSA) is 56.5 Å². The predicted molar refractivity (Wildman–Crippen MR) is 225 cm³/mol. The van der Waals surface area contributed by atoms with Gasteiger partial charge in [0, 0.05) is 33.0 Å². The Morgan fingerprint density at radius 1 is 0.327 bits per heavy atom. The maximum absolute atomic E-state index is 5.43. The summed E-state index contributed by atoms with van der Waals surface area (Å²) < 4.78 is 2.10. The van der Waals surface area contributed by atoms with Crippen molar-refractivity contribution in [3.63, 3.8) is 0 Å². The third-order valence-electron chi connectivity index (χ3n) is 10.1. The van der Waals surface area contributed by atoms with Crippen LogP contribution in [-0.4, -0.2) is 24.7 Å². The summed E-state index contributed by atoms with van der Waals surface area (Å²) in [6.45, 7) is 0. The predicted octanol–water partition coefficient (Wildman–Crippen LogP) is 12.4. The minimum absolute atomic E-state index is 0.593. The lowest BCUT2D eigenvalue weighted by Gasteiger charge is -2.15. The average Bonchev–Trinajstić information content (AvgIpc) is 3.68. The molecule has 0 unspecified atom stereocenters. The third-order valence-corrected chi connectivity index (χ3v) is 10.1. The Morgan fingerprint density at radius 2 is 0.836 bits per heavy atom. The van der Waals surface area contributed by atoms with Gasteiger partial charge in [-0.1, -0.05) is 176 Å². The highest BCUT2D eigenvalue weighted by Gasteiger charge is 2.24. The van der Waals surface area contributed by atoms with E-state index < -0.39 is 0 Å². The van der Waals surface area contributed by atoms with E-state index in [1.54, 1.807) is 0 Å². The van der Waals surface area contributed by atoms with Gasteiger partial charge < -0.3 is 0 Å². The molecule has 0 aliphatic carbocycles. The van der Waals surface area contributed by atoms with Crippen molar-refractivity contribution in [3.05, 3.63) is 200 Å². The highest BCUT2D eigenvalue weighted by Crippen LogP contribution is 2.44. The fraction of sp³-hybridized carbons (Fsp3) is 0. The van der Waals surface area contributed by atoms with Crippen molar-refractivity contribution in [2.24, 2.45) is 0 Å². The van der Waals surface area contributed by atoms with Gasteiger partial charge >= 0.3 is 0 Å². The van der Waals surface area contributed by atoms with Gasteiger partial charge in [-0.2, -0.15) is 5.10 Å². The molecule has 0 saturated heterocycles. The molecule has 5 heteroatoms. The van der Waals surface area contributed by atoms with Crippen molar-refractivity contribution in [3.8, 4) is 73.4 Å². The fourth-order valence-electron chi connectivity index (χ4n) is 7.48. The fourth-order valence-corrected chi connectivity index (χ4v) is 7.48. The molecule has 10 rings (SSSR count). The first-order valence-electron chi connectivity index (χ1n) is 18.4. The Balaban J connectivity index is 1.30. The molecule has 258 valence electrons. The van der Waals surface area contributed by atoms with Crippen LogP contribution in [0.25, 0.3) is 95.0 Å². The standard InChI is InChI=1S/C50H33N5/c1-6-18-34(19-7-1)38-26-16-28-40(32-38)49-51-48(37-24-12-4-13-25-37)52-50(53-49)42-31-17-27-39-33-43(35-20-8-2-9-21-35)45-46(36-22-10-3-11-23-36)54-55(47(45)44(39)42)41-29-14-5-15-30-41/h1-33H. The summed E-state index contributed by atoms with van der Waals surface area (Å²) in [5.41, 5.74) is 11.1. The zero-order valence-corrected chi connectivity index (χ0v) is 29.8. The molecular formula is C50H33N5. The zero-order valence-electron chi connectivity index (χ0n) is 29.8. The molecule has 10 aromatic rings. The second kappa shape index (κ2) is 13.8. The zero-order chi connectivity index (χ0) is 36.6. The Bertz CT molecular complexity index is 2940. The lowest BCUT2D eigenvalue weighted by Crippen LogP contribution is -2.02. The molecule has 2 heterocycles. The molecule has 0 spiro atoms. The van der Waals surface area contributed by atoms with Gasteiger partial charge in [0.25, 0.3) is 0 Å². The van der Waals surface area contributed by atoms with Gasteiger partial charge in [0.15, 0.2) is 17.5 Å². The highest BCUT2D eigenvalue weighted by molar-refractivity contribution is 6.20. The molecule has 0 aliphatic rings. The van der Waals surface area contributed by atoms with Crippen LogP contribution in [0.5, 0.6) is 0 Å². The molecule has 0 aliphatic heterocycles. The van der Waals surface area contributed by atoms with Crippen molar-refractivity contribution in [1.82, 2.24) is 24.7 Å². The lowest BCUT2D eigenvalue weighted by molar-refractivity contribution is 0.918. The molecule has 0 amide bonds. The Kier molecular flexibility index (Phi) is 8.08. The van der Waals surface area contributed by atoms with E-state index in [0.29, 0.717) is 17.5 Å². The minimum atomic E-state index is 0.593. The molecule has 0 radical (unpaired) electrons. The van der Waals surface area contributed by atoms with Gasteiger partial charge in [0.2, 0.25) is 0 Å². The van der Waals surface area contributed by atoms with Gasteiger partial charge in [-0.3, -0.25) is 0 Å². The van der Waals surface area contributed by atoms with Gasteiger partial charge in [0.05, 0.1) is 11.2 Å². The van der Waals surface area contributed by atoms with Crippen LogP contribution in [0.15, 0.2) is 200 Å². The van der Waals surface area contributed by atoms with Crippen LogP contribution in [0, 0.1) is 0 Å². The van der Waals surface area contributed by atoms with E-state index in [0.717, 1.165) is 77.6 Å². The summed E-state index contributed by atoms with van der Waals surface area (Å²) in [5, 5.41) is 8.58. The number of rotatable bonds is 7. The molecule has 0 atom stereocenters. The second-order valence-electron chi connectivity index (χ2n) is 13.5.